The molecule has 2 aromatic rings. The summed E-state index contributed by atoms with van der Waals surface area (Å²) in [6.45, 7) is 0. The first-order valence-electron chi connectivity index (χ1n) is 5.36. The van der Waals surface area contributed by atoms with Crippen molar-refractivity contribution in [2.24, 2.45) is 0 Å². The number of benzene rings is 1. The van der Waals surface area contributed by atoms with E-state index < -0.39 is 0 Å². The molecule has 1 N–H and O–H groups in total. The van der Waals surface area contributed by atoms with Crippen molar-refractivity contribution in [3.63, 3.8) is 0 Å². The summed E-state index contributed by atoms with van der Waals surface area (Å²) < 4.78 is 7.62. The maximum Gasteiger partial charge on any atom is 0.169 e. The van der Waals surface area contributed by atoms with Crippen LogP contribution in [0.3, 0.4) is 0 Å². The van der Waals surface area contributed by atoms with Crippen LogP contribution in [0.1, 0.15) is 17.4 Å². The largest absolute Gasteiger partial charge is 0.453 e. The van der Waals surface area contributed by atoms with Crippen molar-refractivity contribution in [2.45, 2.75) is 12.5 Å². The molecule has 0 saturated heterocycles. The summed E-state index contributed by atoms with van der Waals surface area (Å²) >= 11 is 5.64. The number of hydrogen-bond acceptors (Lipinski definition) is 2. The highest BCUT2D eigenvalue weighted by Gasteiger charge is 2.13. The zero-order chi connectivity index (χ0) is 12.3. The van der Waals surface area contributed by atoms with Gasteiger partial charge in [0.2, 0.25) is 0 Å². The average molecular weight is 406 g/mol. The van der Waals surface area contributed by atoms with E-state index in [4.69, 9.17) is 4.42 Å². The lowest BCUT2D eigenvalue weighted by Gasteiger charge is -2.13. The minimum Gasteiger partial charge on any atom is -0.453 e. The van der Waals surface area contributed by atoms with E-state index in [1.165, 1.54) is 9.13 Å². The molecule has 0 radical (unpaired) electrons. The van der Waals surface area contributed by atoms with Crippen LogP contribution in [0, 0.1) is 3.57 Å². The second kappa shape index (κ2) is 6.02. The highest BCUT2D eigenvalue weighted by molar-refractivity contribution is 14.1. The summed E-state index contributed by atoms with van der Waals surface area (Å²) in [5.41, 5.74) is 1.30. The molecule has 0 amide bonds. The van der Waals surface area contributed by atoms with E-state index in [-0.39, 0.29) is 6.04 Å². The monoisotopic (exact) mass is 405 g/mol. The maximum atomic E-state index is 5.59. The molecule has 90 valence electrons. The lowest BCUT2D eigenvalue weighted by atomic mass is 10.0. The van der Waals surface area contributed by atoms with Crippen LogP contribution in [0.5, 0.6) is 0 Å². The Hall–Kier alpha value is -0.330. The minimum absolute atomic E-state index is 0.210. The third-order valence-corrected chi connectivity index (χ3v) is 3.78. The van der Waals surface area contributed by atoms with E-state index in [0.717, 1.165) is 16.9 Å². The van der Waals surface area contributed by atoms with Crippen LogP contribution in [0.2, 0.25) is 0 Å². The Bertz CT molecular complexity index is 480. The molecule has 2 nitrogen and oxygen atoms in total. The summed E-state index contributed by atoms with van der Waals surface area (Å²) in [5.74, 6) is 0.956. The number of likely N-dealkylation sites (N-methyl/N-ethyl adjacent to an activating group) is 1. The fourth-order valence-electron chi connectivity index (χ4n) is 1.72. The molecule has 17 heavy (non-hydrogen) atoms. The second-order valence-corrected chi connectivity index (χ2v) is 5.84. The van der Waals surface area contributed by atoms with Gasteiger partial charge in [0.25, 0.3) is 0 Å². The molecular weight excluding hydrogens is 393 g/mol. The van der Waals surface area contributed by atoms with Gasteiger partial charge < -0.3 is 9.73 Å². The summed E-state index contributed by atoms with van der Waals surface area (Å²) in [6.07, 6.45) is 0.924. The van der Waals surface area contributed by atoms with Gasteiger partial charge in [0.05, 0.1) is 6.04 Å². The van der Waals surface area contributed by atoms with Crippen molar-refractivity contribution >= 4 is 38.5 Å². The van der Waals surface area contributed by atoms with E-state index in [2.05, 4.69) is 68.1 Å². The molecule has 1 aromatic heterocycles. The first-order chi connectivity index (χ1) is 8.19. The molecule has 1 aromatic carbocycles. The third-order valence-electron chi connectivity index (χ3n) is 2.64. The summed E-state index contributed by atoms with van der Waals surface area (Å²) in [6, 6.07) is 12.7. The molecule has 2 rings (SSSR count). The number of nitrogens with one attached hydrogen (secondary N) is 1. The van der Waals surface area contributed by atoms with Crippen molar-refractivity contribution < 1.29 is 4.42 Å². The van der Waals surface area contributed by atoms with E-state index >= 15 is 0 Å². The first-order valence-corrected chi connectivity index (χ1v) is 7.23. The molecule has 1 heterocycles. The van der Waals surface area contributed by atoms with E-state index in [0.29, 0.717) is 0 Å². The predicted molar refractivity (Wildman–Crippen MR) is 81.1 cm³/mol. The van der Waals surface area contributed by atoms with Gasteiger partial charge in [-0.1, -0.05) is 12.1 Å². The molecule has 4 heteroatoms. The summed E-state index contributed by atoms with van der Waals surface area (Å²) in [5, 5.41) is 3.28. The fraction of sp³-hybridized carbons (Fsp3) is 0.231. The van der Waals surface area contributed by atoms with Crippen LogP contribution < -0.4 is 5.32 Å². The zero-order valence-corrected chi connectivity index (χ0v) is 13.2. The maximum absolute atomic E-state index is 5.59. The molecule has 0 saturated carbocycles. The van der Waals surface area contributed by atoms with Gasteiger partial charge in [-0.3, -0.25) is 0 Å². The minimum atomic E-state index is 0.210. The molecule has 1 unspecified atom stereocenters. The van der Waals surface area contributed by atoms with Crippen LogP contribution in [0.4, 0.5) is 0 Å². The Morgan fingerprint density at radius 3 is 2.47 bits per heavy atom. The average Bonchev–Trinajstić information content (AvgIpc) is 2.75. The Morgan fingerprint density at radius 1 is 1.24 bits per heavy atom. The Labute approximate surface area is 123 Å². The van der Waals surface area contributed by atoms with Gasteiger partial charge in [0, 0.05) is 3.57 Å². The van der Waals surface area contributed by atoms with Gasteiger partial charge in [0.1, 0.15) is 5.76 Å². The topological polar surface area (TPSA) is 25.2 Å². The first kappa shape index (κ1) is 13.1. The molecule has 0 fully saturated rings. The van der Waals surface area contributed by atoms with Crippen molar-refractivity contribution in [3.8, 4) is 0 Å². The van der Waals surface area contributed by atoms with Gasteiger partial charge in [-0.2, -0.15) is 0 Å². The molecule has 0 spiro atoms. The standard InChI is InChI=1S/C13H13BrINO/c1-16-11(12-6-7-13(14)17-12)8-9-2-4-10(15)5-3-9/h2-7,11,16H,8H2,1H3. The van der Waals surface area contributed by atoms with Crippen LogP contribution in [-0.4, -0.2) is 7.05 Å². The number of rotatable bonds is 4. The van der Waals surface area contributed by atoms with Gasteiger partial charge in [-0.05, 0) is 81.8 Å². The predicted octanol–water partition coefficient (Wildman–Crippen LogP) is 4.15. The fourth-order valence-corrected chi connectivity index (χ4v) is 2.40. The van der Waals surface area contributed by atoms with Crippen LogP contribution in [0.15, 0.2) is 45.5 Å². The quantitative estimate of drug-likeness (QED) is 0.773. The van der Waals surface area contributed by atoms with Gasteiger partial charge >= 0.3 is 0 Å². The highest BCUT2D eigenvalue weighted by atomic mass is 127. The van der Waals surface area contributed by atoms with E-state index in [1.807, 2.05) is 19.2 Å². The van der Waals surface area contributed by atoms with Gasteiger partial charge in [-0.15, -0.1) is 0 Å². The zero-order valence-electron chi connectivity index (χ0n) is 9.41. The second-order valence-electron chi connectivity index (χ2n) is 3.81. The molecular formula is C13H13BrINO. The number of halogens is 2. The lowest BCUT2D eigenvalue weighted by molar-refractivity contribution is 0.417. The van der Waals surface area contributed by atoms with Crippen LogP contribution >= 0.6 is 38.5 Å². The number of furan rings is 1. The van der Waals surface area contributed by atoms with Crippen molar-refractivity contribution in [1.82, 2.24) is 5.32 Å². The van der Waals surface area contributed by atoms with E-state index in [1.54, 1.807) is 0 Å². The van der Waals surface area contributed by atoms with Crippen molar-refractivity contribution in [1.29, 1.82) is 0 Å². The van der Waals surface area contributed by atoms with E-state index in [9.17, 15) is 0 Å². The van der Waals surface area contributed by atoms with Crippen LogP contribution in [-0.2, 0) is 6.42 Å². The molecule has 0 aliphatic heterocycles. The van der Waals surface area contributed by atoms with Crippen molar-refractivity contribution in [3.05, 3.63) is 56.0 Å². The van der Waals surface area contributed by atoms with Crippen molar-refractivity contribution in [2.75, 3.05) is 7.05 Å². The molecule has 0 aliphatic rings. The van der Waals surface area contributed by atoms with Crippen LogP contribution in [0.25, 0.3) is 0 Å². The summed E-state index contributed by atoms with van der Waals surface area (Å²) in [7, 11) is 1.95. The third kappa shape index (κ3) is 3.56. The highest BCUT2D eigenvalue weighted by Crippen LogP contribution is 2.23. The molecule has 0 aliphatic carbocycles. The smallest absolute Gasteiger partial charge is 0.169 e. The number of hydrogen-bond donors (Lipinski definition) is 1. The summed E-state index contributed by atoms with van der Waals surface area (Å²) in [4.78, 5) is 0. The normalized spacial score (nSPS) is 12.6. The molecule has 1 atom stereocenters. The molecule has 0 bridgehead atoms. The van der Waals surface area contributed by atoms with Gasteiger partial charge in [0.15, 0.2) is 4.67 Å². The Kier molecular flexibility index (Phi) is 4.64. The van der Waals surface area contributed by atoms with Gasteiger partial charge in [-0.25, -0.2) is 0 Å². The Morgan fingerprint density at radius 2 is 1.94 bits per heavy atom. The lowest BCUT2D eigenvalue weighted by Crippen LogP contribution is -2.18. The SMILES string of the molecule is CNC(Cc1ccc(I)cc1)c1ccc(Br)o1. The Balaban J connectivity index is 2.12.